The summed E-state index contributed by atoms with van der Waals surface area (Å²) in [5.74, 6) is 0.927. The van der Waals surface area contributed by atoms with E-state index in [9.17, 15) is 4.79 Å². The maximum Gasteiger partial charge on any atom is 0.323 e. The van der Waals surface area contributed by atoms with Crippen LogP contribution in [0.5, 0.6) is 5.75 Å². The molecule has 14 heteroatoms. The van der Waals surface area contributed by atoms with Gasteiger partial charge >= 0.3 is 12.6 Å². The van der Waals surface area contributed by atoms with Gasteiger partial charge in [0.15, 0.2) is 17.0 Å². The Morgan fingerprint density at radius 2 is 1.98 bits per heavy atom. The fraction of sp³-hybridized carbons (Fsp3) is 0.467. The lowest BCUT2D eigenvalue weighted by molar-refractivity contribution is -0.148. The normalized spacial score (nSPS) is 20.8. The number of nitrogens with one attached hydrogen (secondary N) is 2. The van der Waals surface area contributed by atoms with Crippen LogP contribution in [-0.2, 0) is 30.6 Å². The largest absolute Gasteiger partial charge is 0.464 e. The summed E-state index contributed by atoms with van der Waals surface area (Å²) in [5, 5.41) is 8.06. The molecular formula is C30H40N7O5PS. The van der Waals surface area contributed by atoms with Crippen LogP contribution >= 0.6 is 6.64 Å². The summed E-state index contributed by atoms with van der Waals surface area (Å²) in [7, 11) is 1.76. The number of aromatic nitrogens is 4. The lowest BCUT2D eigenvalue weighted by Gasteiger charge is -2.29. The molecule has 3 heterocycles. The SMILES string of the molecule is CNc1nc(N)nc2c1ncn2[C@H]1CC(C)[C@@H](CO[P@@](=S)(N[C@@H](C)C(=O)OCC(C)(C)C)Oc2cccc3ccccc23)O1. The van der Waals surface area contributed by atoms with Crippen LogP contribution in [0.4, 0.5) is 11.8 Å². The standard InChI is InChI=1S/C30H40N7O5PS/c1-18-14-24(37-17-33-25-26(32-6)34-29(31)35-27(25)37)41-23(18)15-40-43(44,36-19(2)28(38)39-16-30(3,4)5)42-22-13-9-11-20-10-7-8-12-21(20)22/h7-13,17-19,23-24H,14-16H2,1-6H3,(H,36,44)(H3,31,32,34,35)/t18?,19-,23+,24+,43-/m0/s1. The maximum absolute atomic E-state index is 12.9. The van der Waals surface area contributed by atoms with Crippen molar-refractivity contribution in [1.29, 1.82) is 0 Å². The molecule has 1 aliphatic rings. The molecule has 1 aliphatic heterocycles. The third-order valence-electron chi connectivity index (χ3n) is 7.26. The number of benzene rings is 2. The Morgan fingerprint density at radius 1 is 1.23 bits per heavy atom. The molecule has 1 fully saturated rings. The van der Waals surface area contributed by atoms with Crippen LogP contribution in [-0.4, -0.2) is 57.9 Å². The highest BCUT2D eigenvalue weighted by Crippen LogP contribution is 2.48. The molecule has 5 rings (SSSR count). The predicted molar refractivity (Wildman–Crippen MR) is 175 cm³/mol. The van der Waals surface area contributed by atoms with E-state index in [0.717, 1.165) is 10.8 Å². The smallest absolute Gasteiger partial charge is 0.323 e. The van der Waals surface area contributed by atoms with Gasteiger partial charge in [-0.15, -0.1) is 0 Å². The zero-order valence-electron chi connectivity index (χ0n) is 25.8. The first-order chi connectivity index (χ1) is 20.9. The summed E-state index contributed by atoms with van der Waals surface area (Å²) in [6.07, 6.45) is 1.71. The van der Waals surface area contributed by atoms with E-state index in [1.54, 1.807) is 20.3 Å². The van der Waals surface area contributed by atoms with E-state index < -0.39 is 18.7 Å². The van der Waals surface area contributed by atoms with Gasteiger partial charge in [-0.25, -0.2) is 10.1 Å². The van der Waals surface area contributed by atoms with Crippen molar-refractivity contribution in [3.8, 4) is 5.75 Å². The van der Waals surface area contributed by atoms with Gasteiger partial charge in [0.25, 0.3) is 0 Å². The van der Waals surface area contributed by atoms with Crippen molar-refractivity contribution in [2.75, 3.05) is 31.3 Å². The molecule has 2 aromatic heterocycles. The Balaban J connectivity index is 1.35. The van der Waals surface area contributed by atoms with Gasteiger partial charge in [-0.05, 0) is 47.9 Å². The van der Waals surface area contributed by atoms with Gasteiger partial charge in [-0.1, -0.05) is 64.1 Å². The lowest BCUT2D eigenvalue weighted by atomic mass is 9.99. The predicted octanol–water partition coefficient (Wildman–Crippen LogP) is 5.41. The first-order valence-electron chi connectivity index (χ1n) is 14.6. The highest BCUT2D eigenvalue weighted by atomic mass is 32.5. The summed E-state index contributed by atoms with van der Waals surface area (Å²) in [6, 6.07) is 12.8. The molecule has 0 amide bonds. The van der Waals surface area contributed by atoms with Crippen molar-refractivity contribution in [1.82, 2.24) is 24.6 Å². The van der Waals surface area contributed by atoms with E-state index >= 15 is 0 Å². The number of hydrogen-bond acceptors (Lipinski definition) is 11. The molecule has 4 N–H and O–H groups in total. The quantitative estimate of drug-likeness (QED) is 0.142. The second-order valence-corrected chi connectivity index (χ2v) is 15.4. The Labute approximate surface area is 262 Å². The van der Waals surface area contributed by atoms with E-state index in [4.69, 9.17) is 36.1 Å². The van der Waals surface area contributed by atoms with Crippen LogP contribution in [0.25, 0.3) is 21.9 Å². The molecule has 12 nitrogen and oxygen atoms in total. The van der Waals surface area contributed by atoms with Gasteiger partial charge in [0.2, 0.25) is 5.95 Å². The number of rotatable bonds is 11. The number of ether oxygens (including phenoxy) is 2. The molecule has 5 atom stereocenters. The summed E-state index contributed by atoms with van der Waals surface area (Å²) < 4.78 is 26.7. The summed E-state index contributed by atoms with van der Waals surface area (Å²) in [6.45, 7) is 6.90. The fourth-order valence-electron chi connectivity index (χ4n) is 4.93. The topological polar surface area (TPSA) is 148 Å². The van der Waals surface area contributed by atoms with Gasteiger partial charge in [0, 0.05) is 12.4 Å². The van der Waals surface area contributed by atoms with Crippen LogP contribution in [0.1, 0.15) is 47.3 Å². The molecule has 0 radical (unpaired) electrons. The number of nitrogens with zero attached hydrogens (tertiary/aromatic N) is 4. The Hall–Kier alpha value is -3.35. The first kappa shape index (κ1) is 32.1. The third kappa shape index (κ3) is 7.30. The average Bonchev–Trinajstić information content (AvgIpc) is 3.57. The van der Waals surface area contributed by atoms with Gasteiger partial charge in [0.05, 0.1) is 25.6 Å². The Morgan fingerprint density at radius 3 is 2.73 bits per heavy atom. The van der Waals surface area contributed by atoms with Crippen molar-refractivity contribution in [2.45, 2.75) is 59.4 Å². The number of imidazole rings is 1. The van der Waals surface area contributed by atoms with Crippen LogP contribution in [0, 0.1) is 11.3 Å². The number of carbonyl (C=O) groups excluding carboxylic acids is 1. The number of carbonyl (C=O) groups is 1. The molecule has 236 valence electrons. The van der Waals surface area contributed by atoms with Crippen molar-refractivity contribution in [2.24, 2.45) is 11.3 Å². The number of nitrogen functional groups attached to an aromatic ring is 1. The second kappa shape index (κ2) is 12.9. The minimum absolute atomic E-state index is 0.107. The van der Waals surface area contributed by atoms with Crippen LogP contribution in [0.3, 0.4) is 0 Å². The van der Waals surface area contributed by atoms with Crippen molar-refractivity contribution in [3.63, 3.8) is 0 Å². The Kier molecular flexibility index (Phi) is 9.43. The molecule has 1 saturated heterocycles. The van der Waals surface area contributed by atoms with Crippen molar-refractivity contribution >= 4 is 58.1 Å². The zero-order valence-corrected chi connectivity index (χ0v) is 27.5. The van der Waals surface area contributed by atoms with Crippen LogP contribution in [0.15, 0.2) is 48.8 Å². The molecular weight excluding hydrogens is 601 g/mol. The Bertz CT molecular complexity index is 1690. The minimum atomic E-state index is -3.30. The number of esters is 1. The van der Waals surface area contributed by atoms with Gasteiger partial charge in [0.1, 0.15) is 18.0 Å². The summed E-state index contributed by atoms with van der Waals surface area (Å²) in [4.78, 5) is 26.0. The number of hydrogen-bond donors (Lipinski definition) is 3. The summed E-state index contributed by atoms with van der Waals surface area (Å²) >= 11 is 6.03. The molecule has 0 bridgehead atoms. The molecule has 0 aliphatic carbocycles. The first-order valence-corrected chi connectivity index (χ1v) is 17.2. The van der Waals surface area contributed by atoms with Crippen LogP contribution < -0.4 is 20.7 Å². The monoisotopic (exact) mass is 641 g/mol. The molecule has 2 aromatic carbocycles. The van der Waals surface area contributed by atoms with E-state index in [-0.39, 0.29) is 42.8 Å². The van der Waals surface area contributed by atoms with E-state index in [1.165, 1.54) is 0 Å². The van der Waals surface area contributed by atoms with Gasteiger partial charge in [-0.3, -0.25) is 9.36 Å². The zero-order chi connectivity index (χ0) is 31.6. The highest BCUT2D eigenvalue weighted by Gasteiger charge is 2.37. The molecule has 44 heavy (non-hydrogen) atoms. The average molecular weight is 642 g/mol. The molecule has 4 aromatic rings. The maximum atomic E-state index is 12.9. The minimum Gasteiger partial charge on any atom is -0.464 e. The number of fused-ring (bicyclic) bond motifs is 2. The van der Waals surface area contributed by atoms with E-state index in [1.807, 2.05) is 67.8 Å². The number of nitrogens with two attached hydrogens (primary N) is 1. The van der Waals surface area contributed by atoms with Gasteiger partial charge < -0.3 is 29.6 Å². The molecule has 0 spiro atoms. The third-order valence-corrected chi connectivity index (χ3v) is 9.74. The van der Waals surface area contributed by atoms with Crippen LogP contribution in [0.2, 0.25) is 0 Å². The second-order valence-electron chi connectivity index (χ2n) is 12.2. The van der Waals surface area contributed by atoms with Gasteiger partial charge in [-0.2, -0.15) is 9.97 Å². The number of anilines is 2. The lowest BCUT2D eigenvalue weighted by Crippen LogP contribution is -2.37. The van der Waals surface area contributed by atoms with E-state index in [0.29, 0.717) is 29.2 Å². The molecule has 1 unspecified atom stereocenters. The highest BCUT2D eigenvalue weighted by molar-refractivity contribution is 8.09. The van der Waals surface area contributed by atoms with E-state index in [2.05, 4.69) is 32.3 Å². The fourth-order valence-corrected chi connectivity index (χ4v) is 7.35. The molecule has 0 saturated carbocycles. The van der Waals surface area contributed by atoms with Crippen molar-refractivity contribution < 1.29 is 23.3 Å². The van der Waals surface area contributed by atoms with Crippen molar-refractivity contribution in [3.05, 3.63) is 48.8 Å². The summed E-state index contributed by atoms with van der Waals surface area (Å²) in [5.41, 5.74) is 6.96.